The minimum Gasteiger partial charge on any atom is -0.389 e. The monoisotopic (exact) mass is 631 g/mol. The molecular formula is C26H26IN5O2S2. The second kappa shape index (κ2) is 11.5. The van der Waals surface area contributed by atoms with Crippen LogP contribution in [0.15, 0.2) is 41.8 Å². The number of unbranched alkanes of at least 4 members (excludes halogenated alkanes) is 2. The largest absolute Gasteiger partial charge is 0.389 e. The van der Waals surface area contributed by atoms with E-state index in [9.17, 15) is 10.2 Å². The number of benzene rings is 1. The maximum atomic E-state index is 10.8. The normalized spacial score (nSPS) is 19.4. The molecule has 10 heteroatoms. The quantitative estimate of drug-likeness (QED) is 0.145. The van der Waals surface area contributed by atoms with E-state index in [1.807, 2.05) is 28.1 Å². The van der Waals surface area contributed by atoms with Gasteiger partial charge in [0, 0.05) is 22.3 Å². The molecule has 186 valence electrons. The van der Waals surface area contributed by atoms with Crippen molar-refractivity contribution in [3.05, 3.63) is 56.7 Å². The lowest BCUT2D eigenvalue weighted by molar-refractivity contribution is 0.0316. The van der Waals surface area contributed by atoms with Crippen LogP contribution in [0, 0.1) is 15.4 Å². The molecule has 1 aliphatic rings. The molecule has 0 saturated carbocycles. The molecule has 1 saturated heterocycles. The second-order valence-corrected chi connectivity index (χ2v) is 11.9. The Morgan fingerprint density at radius 1 is 1.19 bits per heavy atom. The molecule has 0 aliphatic carbocycles. The van der Waals surface area contributed by atoms with Gasteiger partial charge in [-0.15, -0.1) is 23.1 Å². The van der Waals surface area contributed by atoms with E-state index in [4.69, 9.17) is 15.0 Å². The summed E-state index contributed by atoms with van der Waals surface area (Å²) in [6.45, 7) is 2.72. The van der Waals surface area contributed by atoms with E-state index >= 15 is 0 Å². The van der Waals surface area contributed by atoms with Gasteiger partial charge in [0.1, 0.15) is 11.5 Å². The smallest absolute Gasteiger partial charge is 0.208 e. The zero-order chi connectivity index (χ0) is 25.1. The highest BCUT2D eigenvalue weighted by atomic mass is 127. The second-order valence-electron chi connectivity index (χ2n) is 8.52. The van der Waals surface area contributed by atoms with Crippen molar-refractivity contribution >= 4 is 62.7 Å². The Kier molecular flexibility index (Phi) is 8.12. The van der Waals surface area contributed by atoms with Gasteiger partial charge in [0.05, 0.1) is 11.0 Å². The highest BCUT2D eigenvalue weighted by molar-refractivity contribution is 14.1. The van der Waals surface area contributed by atoms with E-state index in [0.29, 0.717) is 40.9 Å². The van der Waals surface area contributed by atoms with E-state index in [1.54, 1.807) is 11.3 Å². The highest BCUT2D eigenvalue weighted by Gasteiger charge is 2.38. The van der Waals surface area contributed by atoms with Crippen LogP contribution >= 0.6 is 45.7 Å². The zero-order valence-electron chi connectivity index (χ0n) is 19.7. The third kappa shape index (κ3) is 5.40. The molecule has 36 heavy (non-hydrogen) atoms. The maximum absolute atomic E-state index is 10.8. The molecular weight excluding hydrogens is 605 g/mol. The number of fused-ring (bicyclic) bond motifs is 1. The Hall–Kier alpha value is -2.17. The van der Waals surface area contributed by atoms with Gasteiger partial charge in [-0.1, -0.05) is 37.5 Å². The van der Waals surface area contributed by atoms with Crippen LogP contribution < -0.4 is 5.32 Å². The third-order valence-corrected chi connectivity index (χ3v) is 8.77. The number of anilines is 1. The molecule has 3 aromatic heterocycles. The molecule has 1 fully saturated rings. The van der Waals surface area contributed by atoms with Crippen LogP contribution in [0.3, 0.4) is 0 Å². The summed E-state index contributed by atoms with van der Waals surface area (Å²) >= 11 is 5.38. The Bertz CT molecular complexity index is 1410. The number of hydrogen-bond acceptors (Lipinski definition) is 8. The van der Waals surface area contributed by atoms with E-state index in [-0.39, 0.29) is 0 Å². The van der Waals surface area contributed by atoms with Gasteiger partial charge >= 0.3 is 0 Å². The van der Waals surface area contributed by atoms with E-state index in [0.717, 1.165) is 33.3 Å². The van der Waals surface area contributed by atoms with Crippen LogP contribution in [0.2, 0.25) is 0 Å². The first-order valence-corrected chi connectivity index (χ1v) is 14.8. The van der Waals surface area contributed by atoms with E-state index in [2.05, 4.69) is 64.9 Å². The van der Waals surface area contributed by atoms with Crippen molar-refractivity contribution in [2.75, 3.05) is 11.1 Å². The molecule has 4 heterocycles. The standard InChI is InChI=1S/C26H26IN5O2S2/c1-2-3-4-5-11-20-29-23(28-14-16-8-6-9-17(27)13-16)21-25(30-20)32(26-22(34)18(33)15-36-26)24(31-21)19-10-7-12-35-19/h6-10,12-13,18,22,26,33-34H,2-4,14-15H2,1H3,(H,28,29,30)/t18-,22-,26-/m1/s1. The number of imidazole rings is 1. The van der Waals surface area contributed by atoms with Crippen molar-refractivity contribution in [2.45, 2.75) is 50.3 Å². The molecule has 5 rings (SSSR count). The summed E-state index contributed by atoms with van der Waals surface area (Å²) in [4.78, 5) is 15.5. The van der Waals surface area contributed by atoms with Crippen LogP contribution in [-0.2, 0) is 6.54 Å². The Morgan fingerprint density at radius 2 is 2.08 bits per heavy atom. The topological polar surface area (TPSA) is 96.1 Å². The van der Waals surface area contributed by atoms with Crippen LogP contribution in [-0.4, -0.2) is 47.7 Å². The lowest BCUT2D eigenvalue weighted by atomic mass is 10.2. The first kappa shape index (κ1) is 25.5. The molecule has 0 bridgehead atoms. The fourth-order valence-corrected chi connectivity index (χ4v) is 6.66. The fraction of sp³-hybridized carbons (Fsp3) is 0.346. The zero-order valence-corrected chi connectivity index (χ0v) is 23.5. The first-order chi connectivity index (χ1) is 17.5. The van der Waals surface area contributed by atoms with Crippen molar-refractivity contribution in [3.8, 4) is 22.5 Å². The van der Waals surface area contributed by atoms with Gasteiger partial charge in [0.15, 0.2) is 22.8 Å². The van der Waals surface area contributed by atoms with E-state index in [1.165, 1.54) is 11.8 Å². The summed E-state index contributed by atoms with van der Waals surface area (Å²) in [5.74, 6) is 8.49. The average Bonchev–Trinajstić information content (AvgIpc) is 3.60. The number of hydrogen-bond donors (Lipinski definition) is 3. The number of aliphatic hydroxyl groups is 2. The van der Waals surface area contributed by atoms with Crippen molar-refractivity contribution in [3.63, 3.8) is 0 Å². The maximum Gasteiger partial charge on any atom is 0.208 e. The summed E-state index contributed by atoms with van der Waals surface area (Å²) in [5.41, 5.74) is 2.35. The molecule has 7 nitrogen and oxygen atoms in total. The number of aromatic nitrogens is 4. The van der Waals surface area contributed by atoms with Crippen LogP contribution in [0.25, 0.3) is 21.9 Å². The molecule has 0 radical (unpaired) electrons. The van der Waals surface area contributed by atoms with Crippen LogP contribution in [0.4, 0.5) is 5.82 Å². The van der Waals surface area contributed by atoms with Crippen molar-refractivity contribution < 1.29 is 10.2 Å². The SMILES string of the molecule is CCCCC#Cc1nc(NCc2cccc(I)c2)c2nc(-c3cccs3)n([C@@H]3SC[C@@H](O)[C@H]3O)c2n1. The van der Waals surface area contributed by atoms with Crippen LogP contribution in [0.5, 0.6) is 0 Å². The van der Waals surface area contributed by atoms with E-state index < -0.39 is 17.6 Å². The summed E-state index contributed by atoms with van der Waals surface area (Å²) in [7, 11) is 0. The molecule has 1 aliphatic heterocycles. The lowest BCUT2D eigenvalue weighted by Crippen LogP contribution is -2.28. The first-order valence-electron chi connectivity index (χ1n) is 11.8. The van der Waals surface area contributed by atoms with Crippen molar-refractivity contribution in [1.29, 1.82) is 0 Å². The van der Waals surface area contributed by atoms with Gasteiger partial charge in [-0.3, -0.25) is 4.57 Å². The number of aliphatic hydroxyl groups excluding tert-OH is 2. The summed E-state index contributed by atoms with van der Waals surface area (Å²) in [6, 6.07) is 12.3. The molecule has 3 N–H and O–H groups in total. The predicted molar refractivity (Wildman–Crippen MR) is 155 cm³/mol. The number of halogens is 1. The summed E-state index contributed by atoms with van der Waals surface area (Å²) in [6.07, 6.45) is 1.15. The molecule has 3 atom stereocenters. The minimum absolute atomic E-state index is 0.415. The van der Waals surface area contributed by atoms with Gasteiger partial charge in [0.25, 0.3) is 0 Å². The van der Waals surface area contributed by atoms with Gasteiger partial charge in [0.2, 0.25) is 5.82 Å². The molecule has 0 unspecified atom stereocenters. The Balaban J connectivity index is 1.64. The number of thiophene rings is 1. The number of nitrogens with zero attached hydrogens (tertiary/aromatic N) is 4. The number of thioether (sulfide) groups is 1. The Labute approximate surface area is 231 Å². The number of rotatable bonds is 7. The fourth-order valence-electron chi connectivity index (χ4n) is 4.02. The third-order valence-electron chi connectivity index (χ3n) is 5.86. The highest BCUT2D eigenvalue weighted by Crippen LogP contribution is 2.42. The molecule has 0 amide bonds. The predicted octanol–water partition coefficient (Wildman–Crippen LogP) is 5.28. The molecule has 4 aromatic rings. The summed E-state index contributed by atoms with van der Waals surface area (Å²) < 4.78 is 3.11. The molecule has 0 spiro atoms. The van der Waals surface area contributed by atoms with Gasteiger partial charge in [-0.05, 0) is 64.1 Å². The van der Waals surface area contributed by atoms with Crippen molar-refractivity contribution in [1.82, 2.24) is 19.5 Å². The molecule has 1 aromatic carbocycles. The average molecular weight is 632 g/mol. The van der Waals surface area contributed by atoms with Crippen molar-refractivity contribution in [2.24, 2.45) is 0 Å². The minimum atomic E-state index is -0.928. The Morgan fingerprint density at radius 3 is 2.81 bits per heavy atom. The van der Waals surface area contributed by atoms with Crippen LogP contribution in [0.1, 0.15) is 42.9 Å². The van der Waals surface area contributed by atoms with Gasteiger partial charge < -0.3 is 15.5 Å². The number of nitrogens with one attached hydrogen (secondary N) is 1. The van der Waals surface area contributed by atoms with Gasteiger partial charge in [-0.25, -0.2) is 15.0 Å². The lowest BCUT2D eigenvalue weighted by Gasteiger charge is -2.19. The summed E-state index contributed by atoms with van der Waals surface area (Å²) in [5, 5.41) is 26.2. The van der Waals surface area contributed by atoms with Gasteiger partial charge in [-0.2, -0.15) is 0 Å².